The minimum atomic E-state index is 0.514. The number of hydrogen-bond acceptors (Lipinski definition) is 2. The van der Waals surface area contributed by atoms with Crippen LogP contribution in [0.5, 0.6) is 5.75 Å². The minimum Gasteiger partial charge on any atom is -0.493 e. The summed E-state index contributed by atoms with van der Waals surface area (Å²) in [6, 6.07) is 12.1. The van der Waals surface area contributed by atoms with E-state index >= 15 is 0 Å². The molecule has 1 heterocycles. The van der Waals surface area contributed by atoms with Gasteiger partial charge in [0.1, 0.15) is 5.75 Å². The molecule has 0 saturated carbocycles. The summed E-state index contributed by atoms with van der Waals surface area (Å²) in [5.41, 5.74) is 10.4. The van der Waals surface area contributed by atoms with Gasteiger partial charge < -0.3 is 10.5 Å². The van der Waals surface area contributed by atoms with Crippen molar-refractivity contribution in [2.45, 2.75) is 13.0 Å². The van der Waals surface area contributed by atoms with Crippen LogP contribution in [0.3, 0.4) is 0 Å². The molecule has 3 heteroatoms. The average Bonchev–Trinajstić information content (AvgIpc) is 2.85. The zero-order valence-electron chi connectivity index (χ0n) is 9.95. The Labute approximate surface area is 111 Å². The second-order valence-electron chi connectivity index (χ2n) is 4.43. The Morgan fingerprint density at radius 2 is 2.06 bits per heavy atom. The van der Waals surface area contributed by atoms with Crippen molar-refractivity contribution >= 4 is 11.6 Å². The number of nitrogens with two attached hydrogens (primary N) is 1. The second-order valence-corrected chi connectivity index (χ2v) is 4.86. The monoisotopic (exact) mass is 259 g/mol. The van der Waals surface area contributed by atoms with E-state index in [1.807, 2.05) is 24.3 Å². The van der Waals surface area contributed by atoms with Crippen molar-refractivity contribution in [1.82, 2.24) is 0 Å². The second kappa shape index (κ2) is 4.63. The van der Waals surface area contributed by atoms with E-state index in [-0.39, 0.29) is 0 Å². The molecule has 0 amide bonds. The maximum atomic E-state index is 6.08. The molecule has 2 N–H and O–H groups in total. The van der Waals surface area contributed by atoms with Crippen LogP contribution in [0.25, 0.3) is 11.1 Å². The quantitative estimate of drug-likeness (QED) is 0.897. The molecule has 18 heavy (non-hydrogen) atoms. The molecule has 0 spiro atoms. The van der Waals surface area contributed by atoms with Crippen LogP contribution in [0.2, 0.25) is 5.02 Å². The highest BCUT2D eigenvalue weighted by Crippen LogP contribution is 2.33. The maximum absolute atomic E-state index is 6.08. The molecule has 2 aromatic rings. The van der Waals surface area contributed by atoms with E-state index < -0.39 is 0 Å². The van der Waals surface area contributed by atoms with Crippen LogP contribution in [-0.4, -0.2) is 6.61 Å². The SMILES string of the molecule is NCc1ccc(Cl)cc1-c1ccc2c(c1)CCO2. The van der Waals surface area contributed by atoms with Gasteiger partial charge in [-0.2, -0.15) is 0 Å². The summed E-state index contributed by atoms with van der Waals surface area (Å²) in [7, 11) is 0. The molecule has 2 nitrogen and oxygen atoms in total. The fourth-order valence-electron chi connectivity index (χ4n) is 2.35. The van der Waals surface area contributed by atoms with Crippen LogP contribution in [0.1, 0.15) is 11.1 Å². The van der Waals surface area contributed by atoms with E-state index in [4.69, 9.17) is 22.1 Å². The zero-order chi connectivity index (χ0) is 12.5. The first-order valence-electron chi connectivity index (χ1n) is 6.02. The Kier molecular flexibility index (Phi) is 2.98. The summed E-state index contributed by atoms with van der Waals surface area (Å²) in [5.74, 6) is 0.995. The molecule has 0 unspecified atom stereocenters. The average molecular weight is 260 g/mol. The van der Waals surface area contributed by atoms with Crippen LogP contribution in [-0.2, 0) is 13.0 Å². The highest BCUT2D eigenvalue weighted by Gasteiger charge is 2.13. The molecule has 0 radical (unpaired) electrons. The third-order valence-corrected chi connectivity index (χ3v) is 3.53. The van der Waals surface area contributed by atoms with Crippen molar-refractivity contribution in [3.63, 3.8) is 0 Å². The summed E-state index contributed by atoms with van der Waals surface area (Å²) in [6.45, 7) is 1.29. The summed E-state index contributed by atoms with van der Waals surface area (Å²) < 4.78 is 5.52. The van der Waals surface area contributed by atoms with Crippen molar-refractivity contribution in [3.8, 4) is 16.9 Å². The molecular formula is C15H14ClNO. The lowest BCUT2D eigenvalue weighted by molar-refractivity contribution is 0.357. The highest BCUT2D eigenvalue weighted by atomic mass is 35.5. The topological polar surface area (TPSA) is 35.2 Å². The molecule has 0 aromatic heterocycles. The molecule has 2 aromatic carbocycles. The molecular weight excluding hydrogens is 246 g/mol. The Hall–Kier alpha value is -1.51. The number of halogens is 1. The minimum absolute atomic E-state index is 0.514. The zero-order valence-corrected chi connectivity index (χ0v) is 10.7. The lowest BCUT2D eigenvalue weighted by atomic mass is 9.97. The van der Waals surface area contributed by atoms with Crippen LogP contribution < -0.4 is 10.5 Å². The lowest BCUT2D eigenvalue weighted by Crippen LogP contribution is -1.99. The van der Waals surface area contributed by atoms with E-state index in [0.717, 1.165) is 40.5 Å². The van der Waals surface area contributed by atoms with Gasteiger partial charge in [-0.05, 0) is 46.5 Å². The third kappa shape index (κ3) is 1.98. The summed E-state index contributed by atoms with van der Waals surface area (Å²) >= 11 is 6.08. The van der Waals surface area contributed by atoms with E-state index in [2.05, 4.69) is 12.1 Å². The first-order chi connectivity index (χ1) is 8.78. The Bertz CT molecular complexity index is 595. The number of benzene rings is 2. The highest BCUT2D eigenvalue weighted by molar-refractivity contribution is 6.30. The van der Waals surface area contributed by atoms with E-state index in [0.29, 0.717) is 6.54 Å². The van der Waals surface area contributed by atoms with E-state index in [1.165, 1.54) is 5.56 Å². The molecule has 0 atom stereocenters. The smallest absolute Gasteiger partial charge is 0.122 e. The maximum Gasteiger partial charge on any atom is 0.122 e. The van der Waals surface area contributed by atoms with Gasteiger partial charge in [-0.25, -0.2) is 0 Å². The van der Waals surface area contributed by atoms with Gasteiger partial charge in [-0.1, -0.05) is 23.7 Å². The summed E-state index contributed by atoms with van der Waals surface area (Å²) in [6.07, 6.45) is 0.974. The van der Waals surface area contributed by atoms with Gasteiger partial charge in [-0.3, -0.25) is 0 Å². The van der Waals surface area contributed by atoms with E-state index in [1.54, 1.807) is 0 Å². The summed E-state index contributed by atoms with van der Waals surface area (Å²) in [4.78, 5) is 0. The van der Waals surface area contributed by atoms with Crippen LogP contribution in [0.15, 0.2) is 36.4 Å². The van der Waals surface area contributed by atoms with Crippen molar-refractivity contribution in [3.05, 3.63) is 52.5 Å². The molecule has 3 rings (SSSR count). The molecule has 0 aliphatic carbocycles. The van der Waals surface area contributed by atoms with Crippen LogP contribution >= 0.6 is 11.6 Å². The van der Waals surface area contributed by atoms with Crippen molar-refractivity contribution < 1.29 is 4.74 Å². The molecule has 1 aliphatic heterocycles. The number of hydrogen-bond donors (Lipinski definition) is 1. The van der Waals surface area contributed by atoms with Gasteiger partial charge in [0.05, 0.1) is 6.61 Å². The fourth-order valence-corrected chi connectivity index (χ4v) is 2.52. The van der Waals surface area contributed by atoms with Gasteiger partial charge in [0.15, 0.2) is 0 Å². The van der Waals surface area contributed by atoms with Gasteiger partial charge in [0, 0.05) is 18.0 Å². The predicted molar refractivity (Wildman–Crippen MR) is 74.0 cm³/mol. The standard InChI is InChI=1S/C15H14ClNO/c16-13-3-1-12(9-17)14(8-13)10-2-4-15-11(7-10)5-6-18-15/h1-4,7-8H,5-6,9,17H2. The van der Waals surface area contributed by atoms with Gasteiger partial charge >= 0.3 is 0 Å². The van der Waals surface area contributed by atoms with E-state index in [9.17, 15) is 0 Å². The molecule has 0 bridgehead atoms. The Morgan fingerprint density at radius 1 is 1.17 bits per heavy atom. The van der Waals surface area contributed by atoms with Crippen LogP contribution in [0, 0.1) is 0 Å². The molecule has 0 saturated heterocycles. The predicted octanol–water partition coefficient (Wildman–Crippen LogP) is 3.40. The first-order valence-corrected chi connectivity index (χ1v) is 6.40. The Morgan fingerprint density at radius 3 is 2.89 bits per heavy atom. The molecule has 92 valence electrons. The van der Waals surface area contributed by atoms with Gasteiger partial charge in [-0.15, -0.1) is 0 Å². The third-order valence-electron chi connectivity index (χ3n) is 3.29. The Balaban J connectivity index is 2.12. The van der Waals surface area contributed by atoms with Gasteiger partial charge in [0.25, 0.3) is 0 Å². The molecule has 1 aliphatic rings. The number of ether oxygens (including phenoxy) is 1. The number of rotatable bonds is 2. The largest absolute Gasteiger partial charge is 0.493 e. The lowest BCUT2D eigenvalue weighted by Gasteiger charge is -2.10. The van der Waals surface area contributed by atoms with Gasteiger partial charge in [0.2, 0.25) is 0 Å². The van der Waals surface area contributed by atoms with Crippen LogP contribution in [0.4, 0.5) is 0 Å². The summed E-state index contributed by atoms with van der Waals surface area (Å²) in [5, 5.41) is 0.735. The first kappa shape index (κ1) is 11.6. The van der Waals surface area contributed by atoms with Crippen molar-refractivity contribution in [1.29, 1.82) is 0 Å². The van der Waals surface area contributed by atoms with Crippen molar-refractivity contribution in [2.24, 2.45) is 5.73 Å². The fraction of sp³-hybridized carbons (Fsp3) is 0.200. The normalized spacial score (nSPS) is 13.2. The van der Waals surface area contributed by atoms with Crippen molar-refractivity contribution in [2.75, 3.05) is 6.61 Å². The number of fused-ring (bicyclic) bond motifs is 1. The molecule has 0 fully saturated rings.